The zero-order valence-corrected chi connectivity index (χ0v) is 14.2. The summed E-state index contributed by atoms with van der Waals surface area (Å²) in [6.07, 6.45) is 6.13. The average Bonchev–Trinajstić information content (AvgIpc) is 3.18. The topological polar surface area (TPSA) is 108 Å². The van der Waals surface area contributed by atoms with Crippen LogP contribution < -0.4 is 11.1 Å². The summed E-state index contributed by atoms with van der Waals surface area (Å²) in [5.41, 5.74) is 11.2. The Kier molecular flexibility index (Phi) is 3.38. The molecule has 7 heteroatoms. The minimum atomic E-state index is 0.427. The molecule has 7 nitrogen and oxygen atoms in total. The maximum Gasteiger partial charge on any atom is 0.224 e. The molecule has 1 aliphatic carbocycles. The fourth-order valence-electron chi connectivity index (χ4n) is 3.23. The second-order valence-electron chi connectivity index (χ2n) is 6.68. The number of fused-ring (bicyclic) bond motifs is 1. The van der Waals surface area contributed by atoms with Gasteiger partial charge in [0, 0.05) is 41.5 Å². The lowest BCUT2D eigenvalue weighted by atomic mass is 10.1. The van der Waals surface area contributed by atoms with Gasteiger partial charge in [-0.3, -0.25) is 5.10 Å². The molecular formula is C19H19N7. The molecule has 0 saturated heterocycles. The average molecular weight is 345 g/mol. The van der Waals surface area contributed by atoms with Crippen molar-refractivity contribution in [3.05, 3.63) is 54.0 Å². The largest absolute Gasteiger partial charge is 0.383 e. The number of nitrogen functional groups attached to an aromatic ring is 1. The molecule has 0 unspecified atom stereocenters. The van der Waals surface area contributed by atoms with Gasteiger partial charge in [0.15, 0.2) is 0 Å². The number of nitrogens with two attached hydrogens (primary N) is 1. The molecule has 3 aromatic heterocycles. The summed E-state index contributed by atoms with van der Waals surface area (Å²) in [6, 6.07) is 10.3. The Labute approximate surface area is 150 Å². The molecule has 3 heterocycles. The Hall–Kier alpha value is -3.35. The van der Waals surface area contributed by atoms with Crippen molar-refractivity contribution in [1.82, 2.24) is 25.1 Å². The van der Waals surface area contributed by atoms with Gasteiger partial charge in [0.05, 0.1) is 11.3 Å². The minimum absolute atomic E-state index is 0.427. The number of anilines is 2. The van der Waals surface area contributed by atoms with E-state index in [1.807, 2.05) is 18.3 Å². The highest BCUT2D eigenvalue weighted by atomic mass is 15.1. The van der Waals surface area contributed by atoms with Crippen molar-refractivity contribution >= 4 is 22.7 Å². The van der Waals surface area contributed by atoms with Gasteiger partial charge in [-0.25, -0.2) is 4.98 Å². The highest BCUT2D eigenvalue weighted by Gasteiger charge is 2.26. The van der Waals surface area contributed by atoms with E-state index in [9.17, 15) is 0 Å². The highest BCUT2D eigenvalue weighted by Crippen LogP contribution is 2.40. The van der Waals surface area contributed by atoms with E-state index in [0.29, 0.717) is 24.2 Å². The van der Waals surface area contributed by atoms with Crippen molar-refractivity contribution in [1.29, 1.82) is 0 Å². The maximum atomic E-state index is 6.15. The maximum absolute atomic E-state index is 6.15. The highest BCUT2D eigenvalue weighted by molar-refractivity contribution is 5.83. The minimum Gasteiger partial charge on any atom is -0.383 e. The Bertz CT molecular complexity index is 1070. The van der Waals surface area contributed by atoms with Gasteiger partial charge in [-0.05, 0) is 36.6 Å². The van der Waals surface area contributed by atoms with Crippen LogP contribution in [0.25, 0.3) is 22.2 Å². The van der Waals surface area contributed by atoms with Gasteiger partial charge in [0.2, 0.25) is 5.95 Å². The first-order valence-corrected chi connectivity index (χ1v) is 8.75. The Balaban J connectivity index is 1.35. The monoisotopic (exact) mass is 345 g/mol. The lowest BCUT2D eigenvalue weighted by molar-refractivity contribution is 0.966. The lowest BCUT2D eigenvalue weighted by Gasteiger charge is -2.08. The predicted octanol–water partition coefficient (Wildman–Crippen LogP) is 3.42. The van der Waals surface area contributed by atoms with Gasteiger partial charge in [-0.2, -0.15) is 10.1 Å². The van der Waals surface area contributed by atoms with Crippen LogP contribution in [0.4, 0.5) is 11.8 Å². The van der Waals surface area contributed by atoms with Crippen LogP contribution >= 0.6 is 0 Å². The molecule has 1 aromatic carbocycles. The molecule has 0 amide bonds. The normalized spacial score (nSPS) is 14.0. The summed E-state index contributed by atoms with van der Waals surface area (Å²) >= 11 is 0. The third-order valence-corrected chi connectivity index (χ3v) is 4.83. The molecule has 5 N–H and O–H groups in total. The number of hydrogen-bond acceptors (Lipinski definition) is 5. The van der Waals surface area contributed by atoms with Crippen molar-refractivity contribution in [2.45, 2.75) is 25.3 Å². The third kappa shape index (κ3) is 2.67. The molecule has 0 radical (unpaired) electrons. The molecule has 1 aliphatic rings. The molecular weight excluding hydrogens is 326 g/mol. The van der Waals surface area contributed by atoms with Gasteiger partial charge in [0.1, 0.15) is 5.82 Å². The van der Waals surface area contributed by atoms with Crippen molar-refractivity contribution in [2.75, 3.05) is 11.1 Å². The van der Waals surface area contributed by atoms with Gasteiger partial charge in [-0.1, -0.05) is 12.1 Å². The van der Waals surface area contributed by atoms with Crippen LogP contribution in [0.5, 0.6) is 0 Å². The summed E-state index contributed by atoms with van der Waals surface area (Å²) in [4.78, 5) is 12.0. The van der Waals surface area contributed by atoms with E-state index in [2.05, 4.69) is 48.7 Å². The SMILES string of the molecule is Nc1nc(NCc2cccc3[nH]ccc23)ncc1-c1cc(C2CC2)[nH]n1. The van der Waals surface area contributed by atoms with Crippen LogP contribution in [0.1, 0.15) is 30.0 Å². The zero-order chi connectivity index (χ0) is 17.5. The molecule has 1 fully saturated rings. The standard InChI is InChI=1S/C19H19N7/c20-18-14(17-8-16(25-26-17)11-4-5-11)10-23-19(24-18)22-9-12-2-1-3-15-13(12)6-7-21-15/h1-3,6-8,10-11,21H,4-5,9H2,(H,25,26)(H3,20,22,23,24). The van der Waals surface area contributed by atoms with Crippen LogP contribution in [0.15, 0.2) is 42.7 Å². The number of aromatic nitrogens is 5. The zero-order valence-electron chi connectivity index (χ0n) is 14.2. The Morgan fingerprint density at radius 2 is 2.15 bits per heavy atom. The fourth-order valence-corrected chi connectivity index (χ4v) is 3.23. The van der Waals surface area contributed by atoms with Crippen LogP contribution in [0.3, 0.4) is 0 Å². The van der Waals surface area contributed by atoms with Crippen LogP contribution in [-0.4, -0.2) is 25.1 Å². The molecule has 5 rings (SSSR count). The van der Waals surface area contributed by atoms with Gasteiger partial charge in [-0.15, -0.1) is 0 Å². The summed E-state index contributed by atoms with van der Waals surface area (Å²) in [7, 11) is 0. The quantitative estimate of drug-likeness (QED) is 0.443. The number of rotatable bonds is 5. The van der Waals surface area contributed by atoms with Gasteiger partial charge < -0.3 is 16.0 Å². The Morgan fingerprint density at radius 1 is 1.23 bits per heavy atom. The first-order valence-electron chi connectivity index (χ1n) is 8.75. The first-order chi connectivity index (χ1) is 12.8. The van der Waals surface area contributed by atoms with E-state index in [1.54, 1.807) is 6.20 Å². The molecule has 4 aromatic rings. The predicted molar refractivity (Wildman–Crippen MR) is 102 cm³/mol. The van der Waals surface area contributed by atoms with Crippen molar-refractivity contribution in [3.8, 4) is 11.3 Å². The van der Waals surface area contributed by atoms with E-state index in [4.69, 9.17) is 5.73 Å². The van der Waals surface area contributed by atoms with Gasteiger partial charge in [0.25, 0.3) is 0 Å². The summed E-state index contributed by atoms with van der Waals surface area (Å²) in [6.45, 7) is 0.627. The molecule has 1 saturated carbocycles. The van der Waals surface area contributed by atoms with Crippen molar-refractivity contribution in [3.63, 3.8) is 0 Å². The molecule has 26 heavy (non-hydrogen) atoms. The molecule has 0 bridgehead atoms. The van der Waals surface area contributed by atoms with E-state index < -0.39 is 0 Å². The van der Waals surface area contributed by atoms with E-state index in [-0.39, 0.29) is 0 Å². The number of H-pyrrole nitrogens is 2. The van der Waals surface area contributed by atoms with E-state index >= 15 is 0 Å². The molecule has 0 atom stereocenters. The van der Waals surface area contributed by atoms with Crippen molar-refractivity contribution in [2.24, 2.45) is 0 Å². The van der Waals surface area contributed by atoms with E-state index in [0.717, 1.165) is 16.8 Å². The number of nitrogens with zero attached hydrogens (tertiary/aromatic N) is 3. The molecule has 0 aliphatic heterocycles. The summed E-state index contributed by atoms with van der Waals surface area (Å²) in [5, 5.41) is 11.9. The number of aromatic amines is 2. The molecule has 130 valence electrons. The summed E-state index contributed by atoms with van der Waals surface area (Å²) < 4.78 is 0. The summed E-state index contributed by atoms with van der Waals surface area (Å²) in [5.74, 6) is 1.56. The fraction of sp³-hybridized carbons (Fsp3) is 0.211. The number of hydrogen-bond donors (Lipinski definition) is 4. The van der Waals surface area contributed by atoms with Crippen LogP contribution in [0, 0.1) is 0 Å². The van der Waals surface area contributed by atoms with Crippen molar-refractivity contribution < 1.29 is 0 Å². The second kappa shape index (κ2) is 5.87. The second-order valence-corrected chi connectivity index (χ2v) is 6.68. The van der Waals surface area contributed by atoms with Crippen LogP contribution in [-0.2, 0) is 6.54 Å². The number of benzene rings is 1. The van der Waals surface area contributed by atoms with E-state index in [1.165, 1.54) is 29.5 Å². The van der Waals surface area contributed by atoms with Gasteiger partial charge >= 0.3 is 0 Å². The van der Waals surface area contributed by atoms with Crippen LogP contribution in [0.2, 0.25) is 0 Å². The number of nitrogens with one attached hydrogen (secondary N) is 3. The lowest BCUT2D eigenvalue weighted by Crippen LogP contribution is -2.06. The Morgan fingerprint density at radius 3 is 3.00 bits per heavy atom. The first kappa shape index (κ1) is 14.9. The third-order valence-electron chi connectivity index (χ3n) is 4.83. The smallest absolute Gasteiger partial charge is 0.224 e. The molecule has 0 spiro atoms.